The van der Waals surface area contributed by atoms with Crippen molar-refractivity contribution in [2.75, 3.05) is 5.73 Å². The van der Waals surface area contributed by atoms with Gasteiger partial charge in [0.15, 0.2) is 0 Å². The summed E-state index contributed by atoms with van der Waals surface area (Å²) in [6.45, 7) is 4.00. The number of carboxylic acids is 1. The van der Waals surface area contributed by atoms with E-state index in [0.717, 1.165) is 12.1 Å². The Morgan fingerprint density at radius 1 is 1.47 bits per heavy atom. The second kappa shape index (κ2) is 5.58. The molecule has 0 unspecified atom stereocenters. The average molecular weight is 212 g/mol. The highest BCUT2D eigenvalue weighted by Crippen LogP contribution is 2.20. The number of nitro groups is 1. The van der Waals surface area contributed by atoms with Crippen LogP contribution >= 0.6 is 0 Å². The molecule has 15 heavy (non-hydrogen) atoms. The first-order valence-electron chi connectivity index (χ1n) is 4.29. The Labute approximate surface area is 86.5 Å². The fourth-order valence-corrected chi connectivity index (χ4v) is 0.884. The maximum Gasteiger partial charge on any atom is 0.342 e. The first kappa shape index (κ1) is 12.9. The molecule has 0 heterocycles. The van der Waals surface area contributed by atoms with E-state index in [2.05, 4.69) is 0 Å². The maximum absolute atomic E-state index is 10.5. The topological polar surface area (TPSA) is 106 Å². The van der Waals surface area contributed by atoms with Gasteiger partial charge in [-0.05, 0) is 12.1 Å². The number of anilines is 1. The lowest BCUT2D eigenvalue weighted by atomic mass is 10.1. The minimum atomic E-state index is -1.36. The average Bonchev–Trinajstić information content (AvgIpc) is 2.20. The SMILES string of the molecule is CC.Nc1ccc([N+](=O)[O-])c(C(=O)O)c1. The van der Waals surface area contributed by atoms with Crippen LogP contribution in [0.1, 0.15) is 24.2 Å². The fourth-order valence-electron chi connectivity index (χ4n) is 0.884. The first-order valence-corrected chi connectivity index (χ1v) is 4.29. The third-order valence-electron chi connectivity index (χ3n) is 1.45. The van der Waals surface area contributed by atoms with Gasteiger partial charge in [-0.3, -0.25) is 10.1 Å². The van der Waals surface area contributed by atoms with Gasteiger partial charge < -0.3 is 10.8 Å². The number of hydrogen-bond acceptors (Lipinski definition) is 4. The van der Waals surface area contributed by atoms with Crippen molar-refractivity contribution in [2.45, 2.75) is 13.8 Å². The van der Waals surface area contributed by atoms with Crippen molar-refractivity contribution in [3.05, 3.63) is 33.9 Å². The van der Waals surface area contributed by atoms with Gasteiger partial charge in [0.1, 0.15) is 5.56 Å². The second-order valence-corrected chi connectivity index (χ2v) is 2.34. The second-order valence-electron chi connectivity index (χ2n) is 2.34. The number of nitrogen functional groups attached to an aromatic ring is 1. The van der Waals surface area contributed by atoms with Gasteiger partial charge in [-0.1, -0.05) is 13.8 Å². The predicted octanol–water partition coefficient (Wildman–Crippen LogP) is 1.90. The van der Waals surface area contributed by atoms with Crippen molar-refractivity contribution >= 4 is 17.3 Å². The fraction of sp³-hybridized carbons (Fsp3) is 0.222. The minimum absolute atomic E-state index is 0.183. The molecule has 1 aromatic rings. The maximum atomic E-state index is 10.5. The summed E-state index contributed by atoms with van der Waals surface area (Å²) in [4.78, 5) is 20.1. The van der Waals surface area contributed by atoms with E-state index in [0.29, 0.717) is 0 Å². The van der Waals surface area contributed by atoms with E-state index in [-0.39, 0.29) is 5.69 Å². The standard InChI is InChI=1S/C7H6N2O4.C2H6/c8-4-1-2-6(9(12)13)5(3-4)7(10)11;1-2/h1-3H,8H2,(H,10,11);1-2H3. The Bertz CT molecular complexity index is 376. The first-order chi connectivity index (χ1) is 7.02. The van der Waals surface area contributed by atoms with E-state index >= 15 is 0 Å². The van der Waals surface area contributed by atoms with Crippen LogP contribution in [0, 0.1) is 10.1 Å². The summed E-state index contributed by atoms with van der Waals surface area (Å²) < 4.78 is 0. The van der Waals surface area contributed by atoms with Gasteiger partial charge in [0.05, 0.1) is 4.92 Å². The third-order valence-corrected chi connectivity index (χ3v) is 1.45. The molecule has 0 atom stereocenters. The van der Waals surface area contributed by atoms with Crippen LogP contribution in [0.5, 0.6) is 0 Å². The van der Waals surface area contributed by atoms with Gasteiger partial charge >= 0.3 is 5.97 Å². The summed E-state index contributed by atoms with van der Waals surface area (Å²) in [6.07, 6.45) is 0. The molecule has 0 aliphatic carbocycles. The lowest BCUT2D eigenvalue weighted by molar-refractivity contribution is -0.385. The van der Waals surface area contributed by atoms with Crippen molar-refractivity contribution in [1.82, 2.24) is 0 Å². The van der Waals surface area contributed by atoms with Crippen LogP contribution in [-0.2, 0) is 0 Å². The number of nitrogens with two attached hydrogens (primary N) is 1. The Balaban J connectivity index is 0.000000921. The number of nitrogens with zero attached hydrogens (tertiary/aromatic N) is 1. The minimum Gasteiger partial charge on any atom is -0.477 e. The zero-order valence-corrected chi connectivity index (χ0v) is 8.43. The molecule has 6 nitrogen and oxygen atoms in total. The molecule has 0 spiro atoms. The summed E-state index contributed by atoms with van der Waals surface area (Å²) in [7, 11) is 0. The largest absolute Gasteiger partial charge is 0.477 e. The van der Waals surface area contributed by atoms with Gasteiger partial charge in [0.25, 0.3) is 5.69 Å². The summed E-state index contributed by atoms with van der Waals surface area (Å²) >= 11 is 0. The number of carboxylic acid groups (broad SMARTS) is 1. The van der Waals surface area contributed by atoms with Crippen molar-refractivity contribution in [3.63, 3.8) is 0 Å². The van der Waals surface area contributed by atoms with Crippen LogP contribution in [0.25, 0.3) is 0 Å². The molecule has 0 aliphatic heterocycles. The summed E-state index contributed by atoms with van der Waals surface area (Å²) in [6, 6.07) is 3.41. The molecule has 0 radical (unpaired) electrons. The van der Waals surface area contributed by atoms with Crippen LogP contribution in [0.15, 0.2) is 18.2 Å². The van der Waals surface area contributed by atoms with Gasteiger partial charge in [0.2, 0.25) is 0 Å². The molecule has 0 saturated heterocycles. The molecule has 0 saturated carbocycles. The Morgan fingerprint density at radius 2 is 2.00 bits per heavy atom. The highest BCUT2D eigenvalue weighted by Gasteiger charge is 2.18. The lowest BCUT2D eigenvalue weighted by Crippen LogP contribution is -2.03. The number of hydrogen-bond donors (Lipinski definition) is 2. The normalized spacial score (nSPS) is 8.67. The molecular formula is C9H12N2O4. The molecule has 82 valence electrons. The number of benzene rings is 1. The van der Waals surface area contributed by atoms with Crippen molar-refractivity contribution in [3.8, 4) is 0 Å². The Morgan fingerprint density at radius 3 is 2.40 bits per heavy atom. The number of aromatic carboxylic acids is 1. The summed E-state index contributed by atoms with van der Waals surface area (Å²) in [5.41, 5.74) is 4.61. The smallest absolute Gasteiger partial charge is 0.342 e. The summed E-state index contributed by atoms with van der Waals surface area (Å²) in [5.74, 6) is -1.36. The summed E-state index contributed by atoms with van der Waals surface area (Å²) in [5, 5.41) is 18.9. The van der Waals surface area contributed by atoms with Crippen LogP contribution in [0.4, 0.5) is 11.4 Å². The van der Waals surface area contributed by atoms with Crippen LogP contribution in [-0.4, -0.2) is 16.0 Å². The molecule has 0 fully saturated rings. The molecule has 0 aliphatic rings. The van der Waals surface area contributed by atoms with Crippen molar-refractivity contribution in [2.24, 2.45) is 0 Å². The predicted molar refractivity (Wildman–Crippen MR) is 55.8 cm³/mol. The number of nitro benzene ring substituents is 1. The van der Waals surface area contributed by atoms with E-state index in [1.54, 1.807) is 0 Å². The Kier molecular flexibility index (Phi) is 4.80. The molecule has 1 aromatic carbocycles. The van der Waals surface area contributed by atoms with Gasteiger partial charge in [-0.2, -0.15) is 0 Å². The van der Waals surface area contributed by atoms with Gasteiger partial charge in [-0.15, -0.1) is 0 Å². The zero-order chi connectivity index (χ0) is 12.0. The molecule has 6 heteroatoms. The Hall–Kier alpha value is -2.11. The van der Waals surface area contributed by atoms with E-state index in [1.807, 2.05) is 13.8 Å². The van der Waals surface area contributed by atoms with E-state index < -0.39 is 22.1 Å². The van der Waals surface area contributed by atoms with Crippen molar-refractivity contribution in [1.29, 1.82) is 0 Å². The highest BCUT2D eigenvalue weighted by atomic mass is 16.6. The van der Waals surface area contributed by atoms with E-state index in [9.17, 15) is 14.9 Å². The zero-order valence-electron chi connectivity index (χ0n) is 8.43. The number of carbonyl (C=O) groups is 1. The van der Waals surface area contributed by atoms with Gasteiger partial charge in [0, 0.05) is 11.8 Å². The number of rotatable bonds is 2. The molecule has 0 bridgehead atoms. The molecule has 0 amide bonds. The monoisotopic (exact) mass is 212 g/mol. The van der Waals surface area contributed by atoms with E-state index in [1.165, 1.54) is 6.07 Å². The highest BCUT2D eigenvalue weighted by molar-refractivity contribution is 5.93. The third kappa shape index (κ3) is 3.26. The quantitative estimate of drug-likeness (QED) is 0.442. The van der Waals surface area contributed by atoms with Crippen LogP contribution in [0.2, 0.25) is 0 Å². The van der Waals surface area contributed by atoms with Crippen LogP contribution < -0.4 is 5.73 Å². The van der Waals surface area contributed by atoms with E-state index in [4.69, 9.17) is 10.8 Å². The van der Waals surface area contributed by atoms with Crippen LogP contribution in [0.3, 0.4) is 0 Å². The van der Waals surface area contributed by atoms with Gasteiger partial charge in [-0.25, -0.2) is 4.79 Å². The molecule has 1 rings (SSSR count). The molecular weight excluding hydrogens is 200 g/mol. The van der Waals surface area contributed by atoms with Crippen molar-refractivity contribution < 1.29 is 14.8 Å². The lowest BCUT2D eigenvalue weighted by Gasteiger charge is -1.98. The molecule has 3 N–H and O–H groups in total. The molecule has 0 aromatic heterocycles.